The summed E-state index contributed by atoms with van der Waals surface area (Å²) in [6.07, 6.45) is 18.7. The second-order valence-corrected chi connectivity index (χ2v) is 11.9. The Morgan fingerprint density at radius 1 is 1.00 bits per heavy atom. The normalized spacial score (nSPS) is 13.5. The lowest BCUT2D eigenvalue weighted by Gasteiger charge is -2.22. The summed E-state index contributed by atoms with van der Waals surface area (Å²) in [6.45, 7) is 13.4. The Balaban J connectivity index is 2.72. The second-order valence-electron chi connectivity index (χ2n) is 11.9. The number of carbonyl (C=O) groups excluding carboxylic acids is 2. The monoisotopic (exact) mass is 524 g/mol. The van der Waals surface area contributed by atoms with Crippen LogP contribution in [-0.2, 0) is 32.6 Å². The third-order valence-corrected chi connectivity index (χ3v) is 6.95. The van der Waals surface area contributed by atoms with Crippen molar-refractivity contribution in [3.05, 3.63) is 71.0 Å². The Bertz CT molecular complexity index is 913. The van der Waals surface area contributed by atoms with Gasteiger partial charge in [0, 0.05) is 5.92 Å². The van der Waals surface area contributed by atoms with E-state index in [1.807, 2.05) is 12.2 Å². The number of unbranched alkanes of at least 4 members (excludes halogenated alkanes) is 3. The summed E-state index contributed by atoms with van der Waals surface area (Å²) in [7, 11) is 0. The van der Waals surface area contributed by atoms with E-state index >= 15 is 0 Å². The molecule has 2 unspecified atom stereocenters. The molecule has 4 heteroatoms. The van der Waals surface area contributed by atoms with Crippen molar-refractivity contribution in [3.8, 4) is 0 Å². The number of ether oxygens (including phenoxy) is 1. The number of hydrogen-bond donors (Lipinski definition) is 1. The van der Waals surface area contributed by atoms with E-state index in [0.717, 1.165) is 75.0 Å². The molecule has 1 aromatic carbocycles. The predicted octanol–water partition coefficient (Wildman–Crippen LogP) is 8.78. The average Bonchev–Trinajstić information content (AvgIpc) is 2.84. The molecule has 0 radical (unpaired) electrons. The fourth-order valence-electron chi connectivity index (χ4n) is 4.41. The minimum Gasteiger partial charge on any atom is -0.516 e. The van der Waals surface area contributed by atoms with Crippen molar-refractivity contribution in [2.24, 2.45) is 11.8 Å². The van der Waals surface area contributed by atoms with Crippen LogP contribution in [0.5, 0.6) is 0 Å². The van der Waals surface area contributed by atoms with E-state index in [-0.39, 0.29) is 23.7 Å². The molecule has 0 saturated heterocycles. The Kier molecular flexibility index (Phi) is 16.4. The zero-order chi connectivity index (χ0) is 28.4. The number of benzene rings is 1. The third kappa shape index (κ3) is 15.0. The van der Waals surface area contributed by atoms with E-state index in [1.165, 1.54) is 11.1 Å². The fraction of sp³-hybridized carbons (Fsp3) is 0.588. The summed E-state index contributed by atoms with van der Waals surface area (Å²) >= 11 is 0. The smallest absolute Gasteiger partial charge is 0.310 e. The number of allylic oxidation sites excluding steroid dienone is 5. The zero-order valence-corrected chi connectivity index (χ0v) is 24.8. The lowest BCUT2D eigenvalue weighted by molar-refractivity contribution is -0.143. The summed E-state index contributed by atoms with van der Waals surface area (Å²) in [5.74, 6) is 0.264. The Hall–Kier alpha value is -2.62. The molecule has 0 aromatic heterocycles. The van der Waals surface area contributed by atoms with Crippen molar-refractivity contribution in [2.75, 3.05) is 6.61 Å². The summed E-state index contributed by atoms with van der Waals surface area (Å²) in [6, 6.07) is 6.37. The van der Waals surface area contributed by atoms with Crippen molar-refractivity contribution >= 4 is 12.3 Å². The van der Waals surface area contributed by atoms with E-state index in [4.69, 9.17) is 9.84 Å². The summed E-state index contributed by atoms with van der Waals surface area (Å²) in [5, 5.41) is 8.64. The Labute approximate surface area is 232 Å². The van der Waals surface area contributed by atoms with Crippen LogP contribution in [0.3, 0.4) is 0 Å². The van der Waals surface area contributed by atoms with Crippen molar-refractivity contribution < 1.29 is 19.4 Å². The number of esters is 1. The van der Waals surface area contributed by atoms with Crippen LogP contribution in [0.25, 0.3) is 0 Å². The quantitative estimate of drug-likeness (QED) is 0.0520. The highest BCUT2D eigenvalue weighted by Gasteiger charge is 2.19. The topological polar surface area (TPSA) is 63.6 Å². The number of rotatable bonds is 18. The first kappa shape index (κ1) is 33.4. The molecule has 1 rings (SSSR count). The van der Waals surface area contributed by atoms with Crippen LogP contribution in [0.1, 0.15) is 110 Å². The molecule has 0 spiro atoms. The number of aliphatic hydroxyl groups is 1. The van der Waals surface area contributed by atoms with Crippen LogP contribution in [0.2, 0.25) is 0 Å². The van der Waals surface area contributed by atoms with Crippen molar-refractivity contribution in [2.45, 2.75) is 111 Å². The van der Waals surface area contributed by atoms with Crippen LogP contribution in [0.15, 0.2) is 54.3 Å². The summed E-state index contributed by atoms with van der Waals surface area (Å²) in [5.41, 5.74) is 4.55. The van der Waals surface area contributed by atoms with Crippen LogP contribution in [-0.4, -0.2) is 24.0 Å². The zero-order valence-electron chi connectivity index (χ0n) is 24.8. The molecule has 1 N–H and O–H groups in total. The van der Waals surface area contributed by atoms with E-state index in [1.54, 1.807) is 6.08 Å². The van der Waals surface area contributed by atoms with Gasteiger partial charge in [-0.3, -0.25) is 4.79 Å². The second kappa shape index (κ2) is 18.6. The van der Waals surface area contributed by atoms with E-state index in [9.17, 15) is 9.59 Å². The fourth-order valence-corrected chi connectivity index (χ4v) is 4.41. The van der Waals surface area contributed by atoms with Gasteiger partial charge >= 0.3 is 5.97 Å². The third-order valence-electron chi connectivity index (χ3n) is 6.95. The highest BCUT2D eigenvalue weighted by atomic mass is 16.5. The predicted molar refractivity (Wildman–Crippen MR) is 160 cm³/mol. The Morgan fingerprint density at radius 2 is 1.76 bits per heavy atom. The maximum absolute atomic E-state index is 12.8. The van der Waals surface area contributed by atoms with Crippen molar-refractivity contribution in [1.82, 2.24) is 0 Å². The van der Waals surface area contributed by atoms with Crippen LogP contribution < -0.4 is 0 Å². The number of hydrogen-bond acceptors (Lipinski definition) is 4. The molecule has 212 valence electrons. The first-order chi connectivity index (χ1) is 18.1. The van der Waals surface area contributed by atoms with Gasteiger partial charge in [-0.25, -0.2) is 0 Å². The molecule has 0 heterocycles. The minimum absolute atomic E-state index is 0.0244. The standard InChI is InChI=1S/C34H52O4/c1-27(2)15-14-16-28(3)20-22-38-33(37)25-31-24-32(34(4,5)6)19-18-30(31)23-29(26-36)17-12-10-8-7-9-11-13-21-35/h9,11,13,15,18-19,21,24,26,28-29,35H,7-8,10,12,14,16-17,20,22-23,25H2,1-6H3. The van der Waals surface area contributed by atoms with Crippen LogP contribution in [0, 0.1) is 11.8 Å². The highest BCUT2D eigenvalue weighted by molar-refractivity contribution is 5.73. The van der Waals surface area contributed by atoms with Gasteiger partial charge in [-0.2, -0.15) is 0 Å². The maximum atomic E-state index is 12.8. The van der Waals surface area contributed by atoms with Gasteiger partial charge in [0.05, 0.1) is 19.3 Å². The molecule has 38 heavy (non-hydrogen) atoms. The summed E-state index contributed by atoms with van der Waals surface area (Å²) < 4.78 is 5.64. The molecule has 0 saturated carbocycles. The molecule has 2 atom stereocenters. The molecule has 4 nitrogen and oxygen atoms in total. The van der Waals surface area contributed by atoms with Gasteiger partial charge in [0.15, 0.2) is 0 Å². The van der Waals surface area contributed by atoms with Gasteiger partial charge in [-0.15, -0.1) is 0 Å². The van der Waals surface area contributed by atoms with E-state index < -0.39 is 0 Å². The van der Waals surface area contributed by atoms with E-state index in [2.05, 4.69) is 65.8 Å². The Morgan fingerprint density at radius 3 is 2.42 bits per heavy atom. The molecule has 0 fully saturated rings. The SMILES string of the molecule is CC(C)=CCCC(C)CCOC(=O)Cc1cc(C(C)(C)C)ccc1CC(C=O)CCCCCC=CC=CO. The van der Waals surface area contributed by atoms with Crippen LogP contribution >= 0.6 is 0 Å². The largest absolute Gasteiger partial charge is 0.516 e. The number of carbonyl (C=O) groups is 2. The first-order valence-corrected chi connectivity index (χ1v) is 14.4. The van der Waals surface area contributed by atoms with Crippen LogP contribution in [0.4, 0.5) is 0 Å². The number of aliphatic hydroxyl groups excluding tert-OH is 1. The molecule has 0 amide bonds. The van der Waals surface area contributed by atoms with Gasteiger partial charge in [-0.1, -0.05) is 82.5 Å². The number of aldehydes is 1. The van der Waals surface area contributed by atoms with Gasteiger partial charge in [-0.05, 0) is 92.9 Å². The molecule has 0 aliphatic rings. The maximum Gasteiger partial charge on any atom is 0.310 e. The van der Waals surface area contributed by atoms with Gasteiger partial charge in [0.1, 0.15) is 6.29 Å². The molecule has 0 bridgehead atoms. The van der Waals surface area contributed by atoms with Gasteiger partial charge in [0.25, 0.3) is 0 Å². The molecule has 0 aliphatic heterocycles. The van der Waals surface area contributed by atoms with Crippen molar-refractivity contribution in [1.29, 1.82) is 0 Å². The summed E-state index contributed by atoms with van der Waals surface area (Å²) in [4.78, 5) is 24.7. The highest BCUT2D eigenvalue weighted by Crippen LogP contribution is 2.27. The lowest BCUT2D eigenvalue weighted by atomic mass is 9.83. The molecular weight excluding hydrogens is 472 g/mol. The average molecular weight is 525 g/mol. The van der Waals surface area contributed by atoms with E-state index in [0.29, 0.717) is 18.9 Å². The lowest BCUT2D eigenvalue weighted by Crippen LogP contribution is -2.17. The van der Waals surface area contributed by atoms with Gasteiger partial charge < -0.3 is 14.6 Å². The van der Waals surface area contributed by atoms with Gasteiger partial charge in [0.2, 0.25) is 0 Å². The molecule has 1 aromatic rings. The first-order valence-electron chi connectivity index (χ1n) is 14.4. The molecular formula is C34H52O4. The minimum atomic E-state index is -0.194. The van der Waals surface area contributed by atoms with Crippen molar-refractivity contribution in [3.63, 3.8) is 0 Å². The molecule has 0 aliphatic carbocycles.